The number of aromatic amines is 2. The van der Waals surface area contributed by atoms with E-state index >= 15 is 0 Å². The van der Waals surface area contributed by atoms with Gasteiger partial charge in [0.25, 0.3) is 0 Å². The predicted molar refractivity (Wildman–Crippen MR) is 63.1 cm³/mol. The highest BCUT2D eigenvalue weighted by Crippen LogP contribution is 2.30. The molecule has 10 nitrogen and oxygen atoms in total. The molecule has 0 radical (unpaired) electrons. The van der Waals surface area contributed by atoms with Gasteiger partial charge in [-0.15, -0.1) is 10.2 Å². The lowest BCUT2D eigenvalue weighted by Gasteiger charge is -2.00. The standard InChI is InChI=1S/C8H4N10S/c1-9-5-3(13-17-15-5)7(11-1)19-8-4-6(10-2-12-8)16-18-14-4/h1-2H,(H,9,11,13,15,17)(H,10,12,14,16,18). The van der Waals surface area contributed by atoms with Gasteiger partial charge in [0.05, 0.1) is 0 Å². The second-order valence-electron chi connectivity index (χ2n) is 3.48. The molecular formula is C8H4N10S. The molecule has 0 saturated carbocycles. The van der Waals surface area contributed by atoms with Crippen molar-refractivity contribution >= 4 is 34.1 Å². The van der Waals surface area contributed by atoms with E-state index in [2.05, 4.69) is 50.8 Å². The Kier molecular flexibility index (Phi) is 2.11. The van der Waals surface area contributed by atoms with Crippen molar-refractivity contribution in [2.24, 2.45) is 0 Å². The quantitative estimate of drug-likeness (QED) is 0.482. The second kappa shape index (κ2) is 3.91. The van der Waals surface area contributed by atoms with E-state index in [1.807, 2.05) is 0 Å². The Labute approximate surface area is 108 Å². The molecule has 0 bridgehead atoms. The van der Waals surface area contributed by atoms with Crippen molar-refractivity contribution in [3.63, 3.8) is 0 Å². The lowest BCUT2D eigenvalue weighted by molar-refractivity contribution is 0.951. The maximum absolute atomic E-state index is 4.19. The number of fused-ring (bicyclic) bond motifs is 2. The van der Waals surface area contributed by atoms with Gasteiger partial charge in [-0.1, -0.05) is 10.4 Å². The largest absolute Gasteiger partial charge is 0.253 e. The molecule has 0 fully saturated rings. The third-order valence-electron chi connectivity index (χ3n) is 2.39. The summed E-state index contributed by atoms with van der Waals surface area (Å²) in [4.78, 5) is 16.4. The average Bonchev–Trinajstić information content (AvgIpc) is 3.08. The van der Waals surface area contributed by atoms with Crippen LogP contribution in [0.15, 0.2) is 22.7 Å². The van der Waals surface area contributed by atoms with Gasteiger partial charge in [-0.2, -0.15) is 0 Å². The highest BCUT2D eigenvalue weighted by Gasteiger charge is 2.13. The van der Waals surface area contributed by atoms with Gasteiger partial charge >= 0.3 is 0 Å². The number of rotatable bonds is 2. The molecule has 11 heteroatoms. The molecule has 0 amide bonds. The van der Waals surface area contributed by atoms with Crippen LogP contribution in [0.3, 0.4) is 0 Å². The molecule has 0 saturated heterocycles. The highest BCUT2D eigenvalue weighted by atomic mass is 32.2. The van der Waals surface area contributed by atoms with Crippen LogP contribution in [0.25, 0.3) is 22.3 Å². The Hall–Kier alpha value is -2.69. The zero-order valence-corrected chi connectivity index (χ0v) is 9.96. The first-order valence-electron chi connectivity index (χ1n) is 5.13. The van der Waals surface area contributed by atoms with Gasteiger partial charge in [-0.3, -0.25) is 10.2 Å². The maximum atomic E-state index is 4.19. The lowest BCUT2D eigenvalue weighted by atomic mass is 10.6. The van der Waals surface area contributed by atoms with Gasteiger partial charge in [-0.05, 0) is 11.8 Å². The van der Waals surface area contributed by atoms with Gasteiger partial charge in [0, 0.05) is 0 Å². The fourth-order valence-electron chi connectivity index (χ4n) is 1.56. The molecule has 4 aromatic rings. The molecule has 0 spiro atoms. The summed E-state index contributed by atoms with van der Waals surface area (Å²) in [6, 6.07) is 0. The second-order valence-corrected chi connectivity index (χ2v) is 4.46. The minimum atomic E-state index is 0.505. The van der Waals surface area contributed by atoms with Gasteiger partial charge in [0.15, 0.2) is 0 Å². The van der Waals surface area contributed by atoms with E-state index in [-0.39, 0.29) is 0 Å². The molecule has 0 aliphatic heterocycles. The molecule has 0 aromatic carbocycles. The van der Waals surface area contributed by atoms with Crippen molar-refractivity contribution in [2.45, 2.75) is 10.1 Å². The number of nitrogens with one attached hydrogen (secondary N) is 2. The maximum Gasteiger partial charge on any atom is 0.205 e. The summed E-state index contributed by atoms with van der Waals surface area (Å²) >= 11 is 1.33. The van der Waals surface area contributed by atoms with Crippen LogP contribution >= 0.6 is 11.8 Å². The van der Waals surface area contributed by atoms with E-state index in [1.54, 1.807) is 0 Å². The first kappa shape index (κ1) is 10.3. The molecule has 0 aliphatic rings. The van der Waals surface area contributed by atoms with Crippen molar-refractivity contribution in [3.8, 4) is 0 Å². The summed E-state index contributed by atoms with van der Waals surface area (Å²) < 4.78 is 0. The Morgan fingerprint density at radius 1 is 0.737 bits per heavy atom. The average molecular weight is 272 g/mol. The summed E-state index contributed by atoms with van der Waals surface area (Å²) in [6.45, 7) is 0. The van der Waals surface area contributed by atoms with Crippen LogP contribution in [-0.2, 0) is 0 Å². The Balaban J connectivity index is 1.86. The van der Waals surface area contributed by atoms with Crippen molar-refractivity contribution in [3.05, 3.63) is 12.7 Å². The normalized spacial score (nSPS) is 11.4. The van der Waals surface area contributed by atoms with E-state index < -0.39 is 0 Å². The van der Waals surface area contributed by atoms with Gasteiger partial charge in [0.1, 0.15) is 33.7 Å². The van der Waals surface area contributed by atoms with Gasteiger partial charge in [0.2, 0.25) is 11.3 Å². The lowest BCUT2D eigenvalue weighted by Crippen LogP contribution is -1.89. The smallest absolute Gasteiger partial charge is 0.205 e. The summed E-state index contributed by atoms with van der Waals surface area (Å²) in [5, 5.41) is 21.9. The molecular weight excluding hydrogens is 268 g/mol. The minimum absolute atomic E-state index is 0.505. The monoisotopic (exact) mass is 272 g/mol. The third-order valence-corrected chi connectivity index (χ3v) is 3.40. The topological polar surface area (TPSA) is 135 Å². The fourth-order valence-corrected chi connectivity index (χ4v) is 2.42. The molecule has 2 N–H and O–H groups in total. The predicted octanol–water partition coefficient (Wildman–Crippen LogP) is -0.0396. The van der Waals surface area contributed by atoms with Crippen molar-refractivity contribution in [1.82, 2.24) is 50.8 Å². The van der Waals surface area contributed by atoms with E-state index in [1.165, 1.54) is 24.4 Å². The highest BCUT2D eigenvalue weighted by molar-refractivity contribution is 7.99. The van der Waals surface area contributed by atoms with Crippen LogP contribution in [0, 0.1) is 0 Å². The zero-order chi connectivity index (χ0) is 12.7. The minimum Gasteiger partial charge on any atom is -0.253 e. The first-order chi connectivity index (χ1) is 9.42. The number of H-pyrrole nitrogens is 2. The van der Waals surface area contributed by atoms with Crippen LogP contribution in [0.2, 0.25) is 0 Å². The molecule has 4 heterocycles. The molecule has 0 aliphatic carbocycles. The number of hydrogen-bond donors (Lipinski definition) is 2. The van der Waals surface area contributed by atoms with Gasteiger partial charge < -0.3 is 0 Å². The molecule has 0 atom stereocenters. The Bertz CT molecular complexity index is 794. The van der Waals surface area contributed by atoms with E-state index in [9.17, 15) is 0 Å². The summed E-state index contributed by atoms with van der Waals surface area (Å²) in [6.07, 6.45) is 2.85. The molecule has 4 rings (SSSR count). The summed E-state index contributed by atoms with van der Waals surface area (Å²) in [7, 11) is 0. The SMILES string of the molecule is c1nc(Sc2ncnc3nn[nH]c23)c2[nH]nnc2n1. The Morgan fingerprint density at radius 3 is 1.79 bits per heavy atom. The molecule has 0 unspecified atom stereocenters. The van der Waals surface area contributed by atoms with Crippen LogP contribution in [-0.4, -0.2) is 50.8 Å². The van der Waals surface area contributed by atoms with Crippen molar-refractivity contribution in [2.75, 3.05) is 0 Å². The number of hydrogen-bond acceptors (Lipinski definition) is 9. The summed E-state index contributed by atoms with van der Waals surface area (Å²) in [5.41, 5.74) is 2.33. The van der Waals surface area contributed by atoms with Crippen molar-refractivity contribution in [1.29, 1.82) is 0 Å². The Morgan fingerprint density at radius 2 is 1.26 bits per heavy atom. The van der Waals surface area contributed by atoms with Crippen LogP contribution in [0.5, 0.6) is 0 Å². The van der Waals surface area contributed by atoms with E-state index in [4.69, 9.17) is 0 Å². The van der Waals surface area contributed by atoms with Gasteiger partial charge in [-0.25, -0.2) is 19.9 Å². The van der Waals surface area contributed by atoms with E-state index in [0.29, 0.717) is 32.4 Å². The zero-order valence-electron chi connectivity index (χ0n) is 9.14. The molecule has 19 heavy (non-hydrogen) atoms. The van der Waals surface area contributed by atoms with Crippen molar-refractivity contribution < 1.29 is 0 Å². The summed E-state index contributed by atoms with van der Waals surface area (Å²) in [5.74, 6) is 0. The van der Waals surface area contributed by atoms with Crippen LogP contribution in [0.4, 0.5) is 0 Å². The third kappa shape index (κ3) is 1.59. The number of aromatic nitrogens is 10. The van der Waals surface area contributed by atoms with E-state index in [0.717, 1.165) is 0 Å². The van der Waals surface area contributed by atoms with Crippen LogP contribution < -0.4 is 0 Å². The fraction of sp³-hybridized carbons (Fsp3) is 0. The number of nitrogens with zero attached hydrogens (tertiary/aromatic N) is 8. The molecule has 92 valence electrons. The molecule has 4 aromatic heterocycles. The van der Waals surface area contributed by atoms with Crippen LogP contribution in [0.1, 0.15) is 0 Å². The first-order valence-corrected chi connectivity index (χ1v) is 5.95.